The Kier molecular flexibility index (Phi) is 4.65. The number of carbonyl (C=O) groups excluding carboxylic acids is 1. The summed E-state index contributed by atoms with van der Waals surface area (Å²) in [6.07, 6.45) is -3.01. The molecule has 0 fully saturated rings. The Labute approximate surface area is 124 Å². The van der Waals surface area contributed by atoms with Crippen molar-refractivity contribution >= 4 is 17.5 Å². The summed E-state index contributed by atoms with van der Waals surface area (Å²) in [6, 6.07) is 7.68. The smallest absolute Gasteiger partial charge is 0.416 e. The molecule has 1 heterocycles. The average molecular weight is 310 g/mol. The highest BCUT2D eigenvalue weighted by molar-refractivity contribution is 5.95. The maximum Gasteiger partial charge on any atom is 0.416 e. The monoisotopic (exact) mass is 310 g/mol. The van der Waals surface area contributed by atoms with Crippen LogP contribution in [0.25, 0.3) is 0 Å². The number of hydrogen-bond acceptors (Lipinski definition) is 4. The molecule has 0 aliphatic rings. The lowest BCUT2D eigenvalue weighted by atomic mass is 10.2. The van der Waals surface area contributed by atoms with E-state index in [1.54, 1.807) is 13.0 Å². The molecular formula is C15H13F3N2O2. The molecule has 1 aromatic carbocycles. The Morgan fingerprint density at radius 3 is 2.73 bits per heavy atom. The van der Waals surface area contributed by atoms with Gasteiger partial charge in [-0.15, -0.1) is 0 Å². The number of rotatable bonds is 4. The second kappa shape index (κ2) is 6.46. The zero-order valence-corrected chi connectivity index (χ0v) is 11.6. The molecule has 0 aliphatic heterocycles. The molecule has 1 N–H and O–H groups in total. The molecule has 2 rings (SSSR count). The first-order valence-electron chi connectivity index (χ1n) is 6.48. The van der Waals surface area contributed by atoms with E-state index in [0.717, 1.165) is 12.1 Å². The number of aromatic nitrogens is 1. The summed E-state index contributed by atoms with van der Waals surface area (Å²) in [5.41, 5.74) is -0.452. The second-order valence-electron chi connectivity index (χ2n) is 4.32. The van der Waals surface area contributed by atoms with Gasteiger partial charge in [-0.05, 0) is 37.3 Å². The van der Waals surface area contributed by atoms with Crippen molar-refractivity contribution in [2.24, 2.45) is 0 Å². The van der Waals surface area contributed by atoms with Crippen LogP contribution >= 0.6 is 0 Å². The van der Waals surface area contributed by atoms with Gasteiger partial charge in [0, 0.05) is 11.9 Å². The summed E-state index contributed by atoms with van der Waals surface area (Å²) >= 11 is 0. The molecule has 0 radical (unpaired) electrons. The van der Waals surface area contributed by atoms with E-state index in [9.17, 15) is 18.0 Å². The summed E-state index contributed by atoms with van der Waals surface area (Å²) in [5.74, 6) is -0.453. The Balaban J connectivity index is 2.30. The van der Waals surface area contributed by atoms with Crippen LogP contribution in [0.5, 0.6) is 0 Å². The molecule has 0 saturated heterocycles. The Morgan fingerprint density at radius 1 is 1.27 bits per heavy atom. The number of alkyl halides is 3. The molecular weight excluding hydrogens is 297 g/mol. The average Bonchev–Trinajstić information content (AvgIpc) is 2.47. The van der Waals surface area contributed by atoms with E-state index >= 15 is 0 Å². The Hall–Kier alpha value is -2.57. The molecule has 4 nitrogen and oxygen atoms in total. The summed E-state index contributed by atoms with van der Waals surface area (Å²) in [6.45, 7) is 1.85. The molecule has 7 heteroatoms. The van der Waals surface area contributed by atoms with Crippen molar-refractivity contribution in [1.82, 2.24) is 4.98 Å². The summed E-state index contributed by atoms with van der Waals surface area (Å²) in [5, 5.41) is 2.71. The molecule has 0 unspecified atom stereocenters. The zero-order chi connectivity index (χ0) is 16.2. The van der Waals surface area contributed by atoms with Gasteiger partial charge in [-0.1, -0.05) is 6.07 Å². The van der Waals surface area contributed by atoms with E-state index in [0.29, 0.717) is 0 Å². The van der Waals surface area contributed by atoms with Gasteiger partial charge in [0.2, 0.25) is 0 Å². The van der Waals surface area contributed by atoms with Crippen LogP contribution in [0.3, 0.4) is 0 Å². The third kappa shape index (κ3) is 3.75. The van der Waals surface area contributed by atoms with Crippen molar-refractivity contribution in [3.8, 4) is 0 Å². The Bertz CT molecular complexity index is 672. The minimum Gasteiger partial charge on any atom is -0.462 e. The number of ether oxygens (including phenoxy) is 1. The number of anilines is 2. The quantitative estimate of drug-likeness (QED) is 0.867. The molecule has 116 valence electrons. The van der Waals surface area contributed by atoms with Crippen LogP contribution in [0.15, 0.2) is 42.6 Å². The van der Waals surface area contributed by atoms with Crippen LogP contribution in [0.4, 0.5) is 24.7 Å². The van der Waals surface area contributed by atoms with Gasteiger partial charge in [0.1, 0.15) is 11.4 Å². The van der Waals surface area contributed by atoms with Crippen molar-refractivity contribution < 1.29 is 22.7 Å². The fraction of sp³-hybridized carbons (Fsp3) is 0.200. The topological polar surface area (TPSA) is 51.2 Å². The SMILES string of the molecule is CCOC(=O)c1cccnc1Nc1cccc(C(F)(F)F)c1. The molecule has 1 aromatic heterocycles. The lowest BCUT2D eigenvalue weighted by molar-refractivity contribution is -0.137. The lowest BCUT2D eigenvalue weighted by Gasteiger charge is -2.12. The number of benzene rings is 1. The number of nitrogens with one attached hydrogen (secondary N) is 1. The van der Waals surface area contributed by atoms with Gasteiger partial charge in [-0.3, -0.25) is 0 Å². The van der Waals surface area contributed by atoms with Crippen molar-refractivity contribution in [2.45, 2.75) is 13.1 Å². The third-order valence-corrected chi connectivity index (χ3v) is 2.76. The van der Waals surface area contributed by atoms with Crippen LogP contribution in [0, 0.1) is 0 Å². The first kappa shape index (κ1) is 15.8. The van der Waals surface area contributed by atoms with Crippen molar-refractivity contribution in [1.29, 1.82) is 0 Å². The number of pyridine rings is 1. The highest BCUT2D eigenvalue weighted by Crippen LogP contribution is 2.31. The summed E-state index contributed by atoms with van der Waals surface area (Å²) < 4.78 is 43.0. The van der Waals surface area contributed by atoms with Crippen LogP contribution < -0.4 is 5.32 Å². The van der Waals surface area contributed by atoms with Crippen molar-refractivity contribution in [3.05, 3.63) is 53.7 Å². The van der Waals surface area contributed by atoms with Gasteiger partial charge in [0.15, 0.2) is 0 Å². The van der Waals surface area contributed by atoms with Gasteiger partial charge in [0.25, 0.3) is 0 Å². The fourth-order valence-electron chi connectivity index (χ4n) is 1.79. The van der Waals surface area contributed by atoms with Gasteiger partial charge in [-0.25, -0.2) is 9.78 Å². The van der Waals surface area contributed by atoms with E-state index in [4.69, 9.17) is 4.74 Å². The maximum atomic E-state index is 12.7. The van der Waals surface area contributed by atoms with Crippen molar-refractivity contribution in [3.63, 3.8) is 0 Å². The molecule has 0 spiro atoms. The Morgan fingerprint density at radius 2 is 2.05 bits per heavy atom. The predicted octanol–water partition coefficient (Wildman–Crippen LogP) is 4.02. The van der Waals surface area contributed by atoms with E-state index < -0.39 is 17.7 Å². The van der Waals surface area contributed by atoms with E-state index in [-0.39, 0.29) is 23.7 Å². The van der Waals surface area contributed by atoms with Crippen LogP contribution in [-0.4, -0.2) is 17.6 Å². The minimum atomic E-state index is -4.44. The molecule has 0 aliphatic carbocycles. The van der Waals surface area contributed by atoms with Gasteiger partial charge >= 0.3 is 12.1 Å². The standard InChI is InChI=1S/C15H13F3N2O2/c1-2-22-14(21)12-7-4-8-19-13(12)20-11-6-3-5-10(9-11)15(16,17)18/h3-9H,2H2,1H3,(H,19,20). The molecule has 0 bridgehead atoms. The van der Waals surface area contributed by atoms with Crippen LogP contribution in [0.2, 0.25) is 0 Å². The fourth-order valence-corrected chi connectivity index (χ4v) is 1.79. The third-order valence-electron chi connectivity index (χ3n) is 2.76. The minimum absolute atomic E-state index is 0.139. The number of carbonyl (C=O) groups is 1. The largest absolute Gasteiger partial charge is 0.462 e. The predicted molar refractivity (Wildman–Crippen MR) is 74.9 cm³/mol. The van der Waals surface area contributed by atoms with Gasteiger partial charge in [-0.2, -0.15) is 13.2 Å². The van der Waals surface area contributed by atoms with Crippen LogP contribution in [-0.2, 0) is 10.9 Å². The molecule has 2 aromatic rings. The number of halogens is 3. The highest BCUT2D eigenvalue weighted by atomic mass is 19.4. The lowest BCUT2D eigenvalue weighted by Crippen LogP contribution is -2.10. The highest BCUT2D eigenvalue weighted by Gasteiger charge is 2.30. The number of nitrogens with zero attached hydrogens (tertiary/aromatic N) is 1. The molecule has 0 saturated carbocycles. The zero-order valence-electron chi connectivity index (χ0n) is 11.6. The number of hydrogen-bond donors (Lipinski definition) is 1. The molecule has 0 amide bonds. The first-order valence-corrected chi connectivity index (χ1v) is 6.48. The van der Waals surface area contributed by atoms with Gasteiger partial charge in [0.05, 0.1) is 12.2 Å². The maximum absolute atomic E-state index is 12.7. The first-order chi connectivity index (χ1) is 10.4. The molecule has 22 heavy (non-hydrogen) atoms. The second-order valence-corrected chi connectivity index (χ2v) is 4.32. The normalized spacial score (nSPS) is 11.1. The van der Waals surface area contributed by atoms with Gasteiger partial charge < -0.3 is 10.1 Å². The van der Waals surface area contributed by atoms with Crippen LogP contribution in [0.1, 0.15) is 22.8 Å². The van der Waals surface area contributed by atoms with E-state index in [2.05, 4.69) is 10.3 Å². The van der Waals surface area contributed by atoms with E-state index in [1.165, 1.54) is 24.4 Å². The van der Waals surface area contributed by atoms with E-state index in [1.807, 2.05) is 0 Å². The summed E-state index contributed by atoms with van der Waals surface area (Å²) in [7, 11) is 0. The summed E-state index contributed by atoms with van der Waals surface area (Å²) in [4.78, 5) is 15.8. The number of esters is 1. The van der Waals surface area contributed by atoms with Crippen molar-refractivity contribution in [2.75, 3.05) is 11.9 Å². The molecule has 0 atom stereocenters.